The third kappa shape index (κ3) is 5.15. The molecule has 4 aromatic rings. The summed E-state index contributed by atoms with van der Waals surface area (Å²) in [6, 6.07) is 17.2. The van der Waals surface area contributed by atoms with Crippen LogP contribution in [0.3, 0.4) is 0 Å². The zero-order chi connectivity index (χ0) is 23.4. The lowest BCUT2D eigenvalue weighted by atomic mass is 10.1. The van der Waals surface area contributed by atoms with Gasteiger partial charge in [0.1, 0.15) is 34.4 Å². The van der Waals surface area contributed by atoms with Crippen LogP contribution < -0.4 is 21.1 Å². The van der Waals surface area contributed by atoms with E-state index in [1.807, 2.05) is 6.07 Å². The van der Waals surface area contributed by atoms with Crippen molar-refractivity contribution in [3.05, 3.63) is 90.3 Å². The molecule has 1 heterocycles. The SMILES string of the molecule is N/N=C(\N)Cc1cccc(Oc2ccc(Oc3cccc4ccncc34)cc2C(F)(F)F)c1. The van der Waals surface area contributed by atoms with Crippen LogP contribution in [0.1, 0.15) is 11.1 Å². The average Bonchev–Trinajstić information content (AvgIpc) is 2.80. The van der Waals surface area contributed by atoms with Crippen LogP contribution in [-0.4, -0.2) is 10.8 Å². The molecule has 0 aliphatic heterocycles. The Morgan fingerprint density at radius 3 is 2.45 bits per heavy atom. The van der Waals surface area contributed by atoms with Crippen LogP contribution >= 0.6 is 0 Å². The zero-order valence-electron chi connectivity index (χ0n) is 17.2. The minimum atomic E-state index is -4.66. The Labute approximate surface area is 187 Å². The van der Waals surface area contributed by atoms with E-state index in [9.17, 15) is 13.2 Å². The van der Waals surface area contributed by atoms with Gasteiger partial charge in [-0.1, -0.05) is 24.3 Å². The number of hydrogen-bond acceptors (Lipinski definition) is 5. The number of halogens is 3. The van der Waals surface area contributed by atoms with Gasteiger partial charge < -0.3 is 21.1 Å². The van der Waals surface area contributed by atoms with E-state index in [1.165, 1.54) is 12.1 Å². The molecular weight excluding hydrogens is 433 g/mol. The molecule has 0 spiro atoms. The Morgan fingerprint density at radius 2 is 1.67 bits per heavy atom. The number of fused-ring (bicyclic) bond motifs is 1. The average molecular weight is 452 g/mol. The summed E-state index contributed by atoms with van der Waals surface area (Å²) in [4.78, 5) is 4.06. The highest BCUT2D eigenvalue weighted by Gasteiger charge is 2.35. The molecule has 0 bridgehead atoms. The first-order valence-electron chi connectivity index (χ1n) is 9.84. The van der Waals surface area contributed by atoms with E-state index in [-0.39, 0.29) is 29.5 Å². The van der Waals surface area contributed by atoms with E-state index in [0.717, 1.165) is 11.5 Å². The van der Waals surface area contributed by atoms with E-state index in [1.54, 1.807) is 54.9 Å². The van der Waals surface area contributed by atoms with Gasteiger partial charge in [-0.3, -0.25) is 4.98 Å². The number of hydrazone groups is 1. The maximum absolute atomic E-state index is 13.8. The Kier molecular flexibility index (Phi) is 6.03. The van der Waals surface area contributed by atoms with Crippen LogP contribution in [0.5, 0.6) is 23.0 Å². The van der Waals surface area contributed by atoms with Crippen molar-refractivity contribution >= 4 is 16.6 Å². The van der Waals surface area contributed by atoms with Gasteiger partial charge >= 0.3 is 6.18 Å². The largest absolute Gasteiger partial charge is 0.457 e. The van der Waals surface area contributed by atoms with E-state index in [4.69, 9.17) is 21.1 Å². The summed E-state index contributed by atoms with van der Waals surface area (Å²) in [5.74, 6) is 5.61. The molecule has 6 nitrogen and oxygen atoms in total. The summed E-state index contributed by atoms with van der Waals surface area (Å²) >= 11 is 0. The molecule has 168 valence electrons. The predicted molar refractivity (Wildman–Crippen MR) is 119 cm³/mol. The van der Waals surface area contributed by atoms with Gasteiger partial charge in [-0.15, -0.1) is 0 Å². The summed E-state index contributed by atoms with van der Waals surface area (Å²) in [5.41, 5.74) is 5.35. The van der Waals surface area contributed by atoms with Gasteiger partial charge in [0, 0.05) is 24.2 Å². The number of ether oxygens (including phenoxy) is 2. The van der Waals surface area contributed by atoms with Crippen molar-refractivity contribution in [2.75, 3.05) is 0 Å². The van der Waals surface area contributed by atoms with Crippen molar-refractivity contribution < 1.29 is 22.6 Å². The number of nitrogens with two attached hydrogens (primary N) is 2. The van der Waals surface area contributed by atoms with E-state index in [2.05, 4.69) is 10.1 Å². The minimum Gasteiger partial charge on any atom is -0.457 e. The normalized spacial score (nSPS) is 12.0. The van der Waals surface area contributed by atoms with Crippen molar-refractivity contribution in [1.82, 2.24) is 4.98 Å². The number of rotatable bonds is 6. The second kappa shape index (κ2) is 9.07. The molecule has 0 aliphatic rings. The van der Waals surface area contributed by atoms with Crippen LogP contribution in [-0.2, 0) is 12.6 Å². The topological polar surface area (TPSA) is 95.8 Å². The second-order valence-electron chi connectivity index (χ2n) is 7.16. The first-order chi connectivity index (χ1) is 15.8. The number of hydrogen-bond donors (Lipinski definition) is 2. The smallest absolute Gasteiger partial charge is 0.420 e. The molecule has 0 saturated heterocycles. The fourth-order valence-electron chi connectivity index (χ4n) is 3.29. The molecule has 3 aromatic carbocycles. The monoisotopic (exact) mass is 452 g/mol. The molecule has 33 heavy (non-hydrogen) atoms. The van der Waals surface area contributed by atoms with Gasteiger partial charge in [-0.05, 0) is 53.4 Å². The molecule has 0 aliphatic carbocycles. The fraction of sp³-hybridized carbons (Fsp3) is 0.0833. The lowest BCUT2D eigenvalue weighted by molar-refractivity contribution is -0.138. The number of benzene rings is 3. The second-order valence-corrected chi connectivity index (χ2v) is 7.16. The highest BCUT2D eigenvalue weighted by Crippen LogP contribution is 2.41. The van der Waals surface area contributed by atoms with Gasteiger partial charge in [0.25, 0.3) is 0 Å². The molecular formula is C24H19F3N4O2. The quantitative estimate of drug-likeness (QED) is 0.172. The summed E-state index contributed by atoms with van der Waals surface area (Å²) < 4.78 is 52.8. The van der Waals surface area contributed by atoms with Gasteiger partial charge in [-0.25, -0.2) is 0 Å². The van der Waals surface area contributed by atoms with Crippen LogP contribution in [0, 0.1) is 0 Å². The summed E-state index contributed by atoms with van der Waals surface area (Å²) in [6.07, 6.45) is -1.19. The summed E-state index contributed by atoms with van der Waals surface area (Å²) in [6.45, 7) is 0. The van der Waals surface area contributed by atoms with Gasteiger partial charge in [0.05, 0.1) is 0 Å². The van der Waals surface area contributed by atoms with Gasteiger partial charge in [0.2, 0.25) is 0 Å². The maximum atomic E-state index is 13.8. The van der Waals surface area contributed by atoms with Crippen molar-refractivity contribution in [2.24, 2.45) is 16.7 Å². The number of amidine groups is 1. The number of pyridine rings is 1. The Morgan fingerprint density at radius 1 is 0.909 bits per heavy atom. The first-order valence-corrected chi connectivity index (χ1v) is 9.84. The lowest BCUT2D eigenvalue weighted by Gasteiger charge is -2.16. The van der Waals surface area contributed by atoms with Gasteiger partial charge in [0.15, 0.2) is 0 Å². The molecule has 0 fully saturated rings. The number of aromatic nitrogens is 1. The third-order valence-corrected chi connectivity index (χ3v) is 4.81. The zero-order valence-corrected chi connectivity index (χ0v) is 17.2. The number of alkyl halides is 3. The van der Waals surface area contributed by atoms with Crippen LogP contribution in [0.25, 0.3) is 10.8 Å². The summed E-state index contributed by atoms with van der Waals surface area (Å²) in [5, 5.41) is 4.94. The van der Waals surface area contributed by atoms with E-state index in [0.29, 0.717) is 16.7 Å². The Bertz CT molecular complexity index is 1320. The van der Waals surface area contributed by atoms with E-state index >= 15 is 0 Å². The molecule has 0 unspecified atom stereocenters. The first kappa shape index (κ1) is 21.9. The standard InChI is InChI=1S/C24H19F3N4O2/c25-24(26,27)20-13-18(32-21-6-2-4-16-9-10-30-14-19(16)21)7-8-22(20)33-17-5-1-3-15(11-17)12-23(28)31-29/h1-11,13-14H,12,29H2,(H2,28,31). The van der Waals surface area contributed by atoms with Crippen LogP contribution in [0.15, 0.2) is 84.2 Å². The van der Waals surface area contributed by atoms with Crippen molar-refractivity contribution in [2.45, 2.75) is 12.6 Å². The lowest BCUT2D eigenvalue weighted by Crippen LogP contribution is -2.16. The molecule has 4 rings (SSSR count). The van der Waals surface area contributed by atoms with Crippen molar-refractivity contribution in [3.8, 4) is 23.0 Å². The molecule has 4 N–H and O–H groups in total. The van der Waals surface area contributed by atoms with Crippen LogP contribution in [0.2, 0.25) is 0 Å². The Hall–Kier alpha value is -4.27. The fourth-order valence-corrected chi connectivity index (χ4v) is 3.29. The van der Waals surface area contributed by atoms with Crippen LogP contribution in [0.4, 0.5) is 13.2 Å². The highest BCUT2D eigenvalue weighted by atomic mass is 19.4. The number of nitrogens with zero attached hydrogens (tertiary/aromatic N) is 2. The molecule has 0 radical (unpaired) electrons. The minimum absolute atomic E-state index is 0.0201. The molecule has 0 saturated carbocycles. The Balaban J connectivity index is 1.65. The van der Waals surface area contributed by atoms with Crippen molar-refractivity contribution in [3.63, 3.8) is 0 Å². The molecule has 1 aromatic heterocycles. The third-order valence-electron chi connectivity index (χ3n) is 4.81. The molecule has 0 amide bonds. The van der Waals surface area contributed by atoms with E-state index < -0.39 is 11.7 Å². The molecule has 0 atom stereocenters. The van der Waals surface area contributed by atoms with Gasteiger partial charge in [-0.2, -0.15) is 18.3 Å². The molecule has 9 heteroatoms. The highest BCUT2D eigenvalue weighted by molar-refractivity contribution is 5.87. The predicted octanol–water partition coefficient (Wildman–Crippen LogP) is 5.61. The van der Waals surface area contributed by atoms with Crippen molar-refractivity contribution in [1.29, 1.82) is 0 Å². The maximum Gasteiger partial charge on any atom is 0.420 e. The summed E-state index contributed by atoms with van der Waals surface area (Å²) in [7, 11) is 0.